The summed E-state index contributed by atoms with van der Waals surface area (Å²) in [5.74, 6) is 1.09. The Labute approximate surface area is 173 Å². The summed E-state index contributed by atoms with van der Waals surface area (Å²) in [7, 11) is -3.70. The fraction of sp³-hybridized carbons (Fsp3) is 0.714. The highest BCUT2D eigenvalue weighted by atomic mass is 127. The predicted molar refractivity (Wildman–Crippen MR) is 104 cm³/mol. The molecule has 1 aliphatic rings. The normalized spacial score (nSPS) is 17.4. The number of nitrogens with zero attached hydrogens (tertiary/aromatic N) is 3. The number of rotatable bonds is 5. The van der Waals surface area contributed by atoms with Crippen LogP contribution in [0.3, 0.4) is 0 Å². The first-order valence-corrected chi connectivity index (χ1v) is 9.59. The first-order valence-electron chi connectivity index (χ1n) is 8.15. The van der Waals surface area contributed by atoms with Gasteiger partial charge in [0.25, 0.3) is 0 Å². The third-order valence-electron chi connectivity index (χ3n) is 4.05. The molecule has 13 heteroatoms. The maximum atomic E-state index is 12.6. The Morgan fingerprint density at radius 3 is 2.52 bits per heavy atom. The van der Waals surface area contributed by atoms with Crippen LogP contribution in [0.1, 0.15) is 31.2 Å². The quantitative estimate of drug-likeness (QED) is 0.346. The standard InChI is InChI=1S/C14H22F3N5O3S.HI/c1-3-10-8-12(25-21-10)9-19-13(18-2)20-11-4-6-22(7-5-11)26(23,24)14(15,16)17;/h8,11H,3-7,9H2,1-2H3,(H2,18,19,20);1H. The number of aromatic nitrogens is 1. The van der Waals surface area contributed by atoms with Gasteiger partial charge in [-0.05, 0) is 19.3 Å². The van der Waals surface area contributed by atoms with E-state index in [1.165, 1.54) is 0 Å². The number of nitrogens with one attached hydrogen (secondary N) is 2. The molecule has 156 valence electrons. The van der Waals surface area contributed by atoms with Crippen molar-refractivity contribution in [1.29, 1.82) is 0 Å². The summed E-state index contributed by atoms with van der Waals surface area (Å²) in [6.45, 7) is 1.92. The molecule has 27 heavy (non-hydrogen) atoms. The zero-order valence-corrected chi connectivity index (χ0v) is 18.1. The van der Waals surface area contributed by atoms with Crippen molar-refractivity contribution in [3.8, 4) is 0 Å². The molecule has 0 bridgehead atoms. The zero-order valence-electron chi connectivity index (χ0n) is 14.9. The van der Waals surface area contributed by atoms with Crippen LogP contribution >= 0.6 is 24.0 Å². The van der Waals surface area contributed by atoms with Crippen molar-refractivity contribution in [2.24, 2.45) is 4.99 Å². The van der Waals surface area contributed by atoms with Crippen molar-refractivity contribution in [3.63, 3.8) is 0 Å². The maximum absolute atomic E-state index is 12.6. The lowest BCUT2D eigenvalue weighted by Gasteiger charge is -2.32. The Kier molecular flexibility index (Phi) is 8.79. The first-order chi connectivity index (χ1) is 12.2. The second kappa shape index (κ2) is 9.91. The summed E-state index contributed by atoms with van der Waals surface area (Å²) in [5.41, 5.74) is -4.43. The molecule has 0 unspecified atom stereocenters. The molecule has 2 N–H and O–H groups in total. The molecule has 0 saturated carbocycles. The number of piperidine rings is 1. The van der Waals surface area contributed by atoms with Crippen LogP contribution < -0.4 is 10.6 Å². The van der Waals surface area contributed by atoms with Gasteiger partial charge < -0.3 is 15.2 Å². The van der Waals surface area contributed by atoms with Crippen LogP contribution in [0.4, 0.5) is 13.2 Å². The van der Waals surface area contributed by atoms with Crippen molar-refractivity contribution in [3.05, 3.63) is 17.5 Å². The number of aliphatic imine (C=N–C) groups is 1. The smallest absolute Gasteiger partial charge is 0.359 e. The molecule has 1 fully saturated rings. The molecule has 0 atom stereocenters. The summed E-state index contributed by atoms with van der Waals surface area (Å²) in [6.07, 6.45) is 1.26. The molecule has 2 rings (SSSR count). The summed E-state index contributed by atoms with van der Waals surface area (Å²) in [6, 6.07) is 1.64. The number of alkyl halides is 3. The molecule has 0 radical (unpaired) electrons. The van der Waals surface area contributed by atoms with E-state index in [2.05, 4.69) is 20.8 Å². The molecule has 1 aromatic rings. The van der Waals surface area contributed by atoms with Gasteiger partial charge in [-0.2, -0.15) is 17.5 Å². The van der Waals surface area contributed by atoms with E-state index >= 15 is 0 Å². The van der Waals surface area contributed by atoms with E-state index in [0.29, 0.717) is 22.6 Å². The number of halogens is 4. The second-order valence-electron chi connectivity index (χ2n) is 5.83. The minimum absolute atomic E-state index is 0. The minimum Gasteiger partial charge on any atom is -0.359 e. The molecule has 8 nitrogen and oxygen atoms in total. The topological polar surface area (TPSA) is 99.8 Å². The number of sulfonamides is 1. The lowest BCUT2D eigenvalue weighted by molar-refractivity contribution is -0.0494. The SMILES string of the molecule is CCc1cc(CNC(=NC)NC2CCN(S(=O)(=O)C(F)(F)F)CC2)on1.I. The van der Waals surface area contributed by atoms with Gasteiger partial charge in [0.05, 0.1) is 12.2 Å². The van der Waals surface area contributed by atoms with Crippen molar-refractivity contribution >= 4 is 40.0 Å². The number of hydrogen-bond acceptors (Lipinski definition) is 5. The molecule has 1 saturated heterocycles. The van der Waals surface area contributed by atoms with E-state index in [1.807, 2.05) is 13.0 Å². The van der Waals surface area contributed by atoms with E-state index in [4.69, 9.17) is 4.52 Å². The van der Waals surface area contributed by atoms with Crippen molar-refractivity contribution in [1.82, 2.24) is 20.1 Å². The van der Waals surface area contributed by atoms with Crippen LogP contribution in [0.25, 0.3) is 0 Å². The molecule has 1 aromatic heterocycles. The van der Waals surface area contributed by atoms with Crippen molar-refractivity contribution in [2.75, 3.05) is 20.1 Å². The van der Waals surface area contributed by atoms with Gasteiger partial charge in [-0.3, -0.25) is 4.99 Å². The summed E-state index contributed by atoms with van der Waals surface area (Å²) in [5, 5.41) is 9.99. The maximum Gasteiger partial charge on any atom is 0.511 e. The summed E-state index contributed by atoms with van der Waals surface area (Å²) >= 11 is 0. The Balaban J connectivity index is 0.00000364. The lowest BCUT2D eigenvalue weighted by atomic mass is 10.1. The van der Waals surface area contributed by atoms with Crippen LogP contribution in [0.15, 0.2) is 15.6 Å². The van der Waals surface area contributed by atoms with Gasteiger partial charge in [0, 0.05) is 32.2 Å². The average Bonchev–Trinajstić information content (AvgIpc) is 3.06. The van der Waals surface area contributed by atoms with E-state index in [9.17, 15) is 21.6 Å². The Morgan fingerprint density at radius 1 is 1.41 bits per heavy atom. The van der Waals surface area contributed by atoms with Crippen molar-refractivity contribution in [2.45, 2.75) is 44.3 Å². The van der Waals surface area contributed by atoms with Crippen molar-refractivity contribution < 1.29 is 26.1 Å². The van der Waals surface area contributed by atoms with Gasteiger partial charge >= 0.3 is 15.5 Å². The molecule has 0 aliphatic carbocycles. The van der Waals surface area contributed by atoms with Gasteiger partial charge in [0.15, 0.2) is 11.7 Å². The Bertz CT molecular complexity index is 731. The molecule has 1 aliphatic heterocycles. The second-order valence-corrected chi connectivity index (χ2v) is 7.76. The van der Waals surface area contributed by atoms with Crippen LogP contribution in [0, 0.1) is 0 Å². The Hall–Kier alpha value is -1.09. The monoisotopic (exact) mass is 525 g/mol. The molecule has 0 aromatic carbocycles. The van der Waals surface area contributed by atoms with Gasteiger partial charge in [-0.1, -0.05) is 12.1 Å². The van der Waals surface area contributed by atoms with E-state index in [-0.39, 0.29) is 55.9 Å². The van der Waals surface area contributed by atoms with Crippen LogP contribution in [-0.2, 0) is 23.0 Å². The van der Waals surface area contributed by atoms with Gasteiger partial charge in [-0.15, -0.1) is 24.0 Å². The van der Waals surface area contributed by atoms with Crippen LogP contribution in [0.5, 0.6) is 0 Å². The fourth-order valence-electron chi connectivity index (χ4n) is 2.55. The molecule has 0 amide bonds. The first kappa shape index (κ1) is 23.9. The number of hydrogen-bond donors (Lipinski definition) is 2. The average molecular weight is 525 g/mol. The zero-order chi connectivity index (χ0) is 19.4. The molecular formula is C14H23F3IN5O3S. The highest BCUT2D eigenvalue weighted by Gasteiger charge is 2.50. The highest BCUT2D eigenvalue weighted by Crippen LogP contribution is 2.28. The Morgan fingerprint density at radius 2 is 2.04 bits per heavy atom. The van der Waals surface area contributed by atoms with Gasteiger partial charge in [0.1, 0.15) is 0 Å². The van der Waals surface area contributed by atoms with E-state index < -0.39 is 15.5 Å². The van der Waals surface area contributed by atoms with Gasteiger partial charge in [-0.25, -0.2) is 8.42 Å². The van der Waals surface area contributed by atoms with Crippen LogP contribution in [-0.4, -0.2) is 55.5 Å². The van der Waals surface area contributed by atoms with Gasteiger partial charge in [0.2, 0.25) is 0 Å². The third kappa shape index (κ3) is 6.20. The van der Waals surface area contributed by atoms with Crippen LogP contribution in [0.2, 0.25) is 0 Å². The lowest BCUT2D eigenvalue weighted by Crippen LogP contribution is -2.51. The fourth-order valence-corrected chi connectivity index (χ4v) is 3.54. The third-order valence-corrected chi connectivity index (χ3v) is 5.68. The highest BCUT2D eigenvalue weighted by molar-refractivity contribution is 14.0. The minimum atomic E-state index is -5.26. The largest absolute Gasteiger partial charge is 0.511 e. The molecular weight excluding hydrogens is 502 g/mol. The summed E-state index contributed by atoms with van der Waals surface area (Å²) in [4.78, 5) is 4.05. The molecule has 0 spiro atoms. The summed E-state index contributed by atoms with van der Waals surface area (Å²) < 4.78 is 66.2. The van der Waals surface area contributed by atoms with E-state index in [1.54, 1.807) is 7.05 Å². The molecule has 2 heterocycles. The number of guanidine groups is 1. The number of aryl methyl sites for hydroxylation is 1. The van der Waals surface area contributed by atoms with E-state index in [0.717, 1.165) is 12.1 Å². The predicted octanol–water partition coefficient (Wildman–Crippen LogP) is 1.83.